The third kappa shape index (κ3) is 2.92. The first kappa shape index (κ1) is 15.2. The summed E-state index contributed by atoms with van der Waals surface area (Å²) in [4.78, 5) is 16.6. The molecule has 0 bridgehead atoms. The Kier molecular flexibility index (Phi) is 3.82. The molecule has 0 amide bonds. The zero-order valence-electron chi connectivity index (χ0n) is 13.7. The summed E-state index contributed by atoms with van der Waals surface area (Å²) in [5.41, 5.74) is 5.29. The average molecular weight is 331 g/mol. The van der Waals surface area contributed by atoms with Gasteiger partial charge in [0.2, 0.25) is 0 Å². The topological polar surface area (TPSA) is 70.2 Å². The fraction of sp³-hybridized carbons (Fsp3) is 0.100. The fourth-order valence-corrected chi connectivity index (χ4v) is 2.99. The molecule has 25 heavy (non-hydrogen) atoms. The quantitative estimate of drug-likeness (QED) is 0.767. The van der Waals surface area contributed by atoms with E-state index in [9.17, 15) is 4.79 Å². The fourth-order valence-electron chi connectivity index (χ4n) is 2.99. The summed E-state index contributed by atoms with van der Waals surface area (Å²) >= 11 is 0. The van der Waals surface area contributed by atoms with Crippen molar-refractivity contribution in [2.45, 2.75) is 6.42 Å². The van der Waals surface area contributed by atoms with E-state index in [2.05, 4.69) is 15.2 Å². The van der Waals surface area contributed by atoms with Crippen molar-refractivity contribution in [1.29, 1.82) is 0 Å². The number of rotatable bonds is 4. The van der Waals surface area contributed by atoms with Gasteiger partial charge in [0.05, 0.1) is 18.4 Å². The van der Waals surface area contributed by atoms with Crippen LogP contribution in [0.5, 0.6) is 5.75 Å². The van der Waals surface area contributed by atoms with Gasteiger partial charge < -0.3 is 9.84 Å². The van der Waals surface area contributed by atoms with E-state index in [4.69, 9.17) is 4.74 Å². The second kappa shape index (κ2) is 6.28. The Balaban J connectivity index is 1.70. The van der Waals surface area contributed by atoms with Gasteiger partial charge in [0, 0.05) is 29.5 Å². The molecule has 1 aliphatic heterocycles. The molecule has 0 saturated heterocycles. The van der Waals surface area contributed by atoms with Crippen LogP contribution >= 0.6 is 0 Å². The van der Waals surface area contributed by atoms with Crippen LogP contribution in [0.2, 0.25) is 0 Å². The van der Waals surface area contributed by atoms with Gasteiger partial charge in [-0.25, -0.2) is 0 Å². The lowest BCUT2D eigenvalue weighted by Gasteiger charge is -2.04. The number of hydrogen-bond donors (Lipinski definition) is 2. The van der Waals surface area contributed by atoms with Crippen LogP contribution < -0.4 is 10.3 Å². The Hall–Kier alpha value is -3.34. The maximum Gasteiger partial charge on any atom is 0.271 e. The summed E-state index contributed by atoms with van der Waals surface area (Å²) in [6.45, 7) is 0. The van der Waals surface area contributed by atoms with Gasteiger partial charge >= 0.3 is 0 Å². The highest BCUT2D eigenvalue weighted by atomic mass is 16.5. The van der Waals surface area contributed by atoms with E-state index >= 15 is 0 Å². The smallest absolute Gasteiger partial charge is 0.271 e. The SMILES string of the molecule is COc1cccc(Cc2[nH][nH]c(=O)c2C=C2C=Nc3ccccc32)c1. The molecule has 2 N–H and O–H groups in total. The van der Waals surface area contributed by atoms with Crippen molar-refractivity contribution < 1.29 is 4.74 Å². The Morgan fingerprint density at radius 2 is 2.00 bits per heavy atom. The number of H-pyrrole nitrogens is 2. The Morgan fingerprint density at radius 3 is 2.88 bits per heavy atom. The van der Waals surface area contributed by atoms with Crippen molar-refractivity contribution in [1.82, 2.24) is 10.2 Å². The number of allylic oxidation sites excluding steroid dienone is 1. The standard InChI is InChI=1S/C20H17N3O2/c1-25-15-6-4-5-13(9-15)10-19-17(20(24)23-22-19)11-14-12-21-18-8-3-2-7-16(14)18/h2-9,11-12H,10H2,1H3,(H2,22,23,24). The molecule has 4 rings (SSSR count). The molecule has 0 spiro atoms. The van der Waals surface area contributed by atoms with Gasteiger partial charge in [-0.05, 0) is 29.8 Å². The summed E-state index contributed by atoms with van der Waals surface area (Å²) in [5, 5.41) is 5.67. The van der Waals surface area contributed by atoms with Gasteiger partial charge in [-0.15, -0.1) is 0 Å². The molecule has 0 aliphatic carbocycles. The van der Waals surface area contributed by atoms with Crippen molar-refractivity contribution >= 4 is 23.6 Å². The first-order valence-corrected chi connectivity index (χ1v) is 8.02. The minimum Gasteiger partial charge on any atom is -0.497 e. The van der Waals surface area contributed by atoms with Crippen LogP contribution in [0.25, 0.3) is 11.6 Å². The number of fused-ring (bicyclic) bond motifs is 1. The second-order valence-electron chi connectivity index (χ2n) is 5.87. The summed E-state index contributed by atoms with van der Waals surface area (Å²) in [7, 11) is 1.64. The van der Waals surface area contributed by atoms with Gasteiger partial charge in [0.1, 0.15) is 5.75 Å². The minimum absolute atomic E-state index is 0.136. The Labute approximate surface area is 144 Å². The number of aromatic amines is 2. The highest BCUT2D eigenvalue weighted by molar-refractivity contribution is 6.21. The molecule has 1 aromatic heterocycles. The molecule has 3 aromatic rings. The van der Waals surface area contributed by atoms with E-state index < -0.39 is 0 Å². The lowest BCUT2D eigenvalue weighted by Crippen LogP contribution is -2.03. The first-order valence-electron chi connectivity index (χ1n) is 8.02. The van der Waals surface area contributed by atoms with E-state index in [1.807, 2.05) is 54.6 Å². The summed E-state index contributed by atoms with van der Waals surface area (Å²) < 4.78 is 5.27. The molecule has 5 heteroatoms. The molecule has 1 aliphatic rings. The molecule has 2 heterocycles. The van der Waals surface area contributed by atoms with Crippen molar-refractivity contribution in [2.75, 3.05) is 7.11 Å². The maximum atomic E-state index is 12.3. The van der Waals surface area contributed by atoms with Crippen LogP contribution in [0.1, 0.15) is 22.4 Å². The number of aliphatic imine (C=N–C) groups is 1. The lowest BCUT2D eigenvalue weighted by atomic mass is 10.0. The van der Waals surface area contributed by atoms with Gasteiger partial charge in [0.25, 0.3) is 5.56 Å². The minimum atomic E-state index is -0.136. The molecule has 0 unspecified atom stereocenters. The number of para-hydroxylation sites is 1. The highest BCUT2D eigenvalue weighted by Gasteiger charge is 2.14. The number of methoxy groups -OCH3 is 1. The van der Waals surface area contributed by atoms with Crippen LogP contribution in [0, 0.1) is 0 Å². The summed E-state index contributed by atoms with van der Waals surface area (Å²) in [6, 6.07) is 15.7. The molecule has 0 fully saturated rings. The van der Waals surface area contributed by atoms with Gasteiger partial charge in [-0.2, -0.15) is 0 Å². The number of nitrogens with one attached hydrogen (secondary N) is 2. The third-order valence-electron chi connectivity index (χ3n) is 4.27. The zero-order chi connectivity index (χ0) is 17.2. The predicted molar refractivity (Wildman–Crippen MR) is 99.7 cm³/mol. The van der Waals surface area contributed by atoms with Gasteiger partial charge in [0.15, 0.2) is 0 Å². The summed E-state index contributed by atoms with van der Waals surface area (Å²) in [5.74, 6) is 0.798. The van der Waals surface area contributed by atoms with Crippen LogP contribution in [0.4, 0.5) is 5.69 Å². The van der Waals surface area contributed by atoms with Crippen LogP contribution in [0.3, 0.4) is 0 Å². The largest absolute Gasteiger partial charge is 0.497 e. The molecule has 124 valence electrons. The number of nitrogens with zero attached hydrogens (tertiary/aromatic N) is 1. The van der Waals surface area contributed by atoms with Crippen molar-refractivity contribution in [3.05, 3.63) is 81.3 Å². The predicted octanol–water partition coefficient (Wildman–Crippen LogP) is 3.56. The number of aromatic nitrogens is 2. The zero-order valence-corrected chi connectivity index (χ0v) is 13.7. The number of ether oxygens (including phenoxy) is 1. The van der Waals surface area contributed by atoms with Crippen LogP contribution in [-0.4, -0.2) is 23.5 Å². The Morgan fingerprint density at radius 1 is 1.12 bits per heavy atom. The van der Waals surface area contributed by atoms with E-state index in [0.717, 1.165) is 33.8 Å². The second-order valence-corrected chi connectivity index (χ2v) is 5.87. The van der Waals surface area contributed by atoms with Gasteiger partial charge in [-0.3, -0.25) is 14.9 Å². The van der Waals surface area contributed by atoms with Crippen LogP contribution in [0.15, 0.2) is 58.3 Å². The normalized spacial score (nSPS) is 14.0. The molecule has 0 radical (unpaired) electrons. The van der Waals surface area contributed by atoms with Crippen molar-refractivity contribution in [3.8, 4) is 5.75 Å². The molecule has 2 aromatic carbocycles. The maximum absolute atomic E-state index is 12.3. The highest BCUT2D eigenvalue weighted by Crippen LogP contribution is 2.32. The van der Waals surface area contributed by atoms with E-state index in [1.165, 1.54) is 0 Å². The average Bonchev–Trinajstić information content (AvgIpc) is 3.21. The molecular formula is C20H17N3O2. The van der Waals surface area contributed by atoms with Gasteiger partial charge in [-0.1, -0.05) is 30.3 Å². The van der Waals surface area contributed by atoms with Crippen molar-refractivity contribution in [3.63, 3.8) is 0 Å². The summed E-state index contributed by atoms with van der Waals surface area (Å²) in [6.07, 6.45) is 4.29. The molecular weight excluding hydrogens is 314 g/mol. The van der Waals surface area contributed by atoms with E-state index in [0.29, 0.717) is 12.0 Å². The number of hydrogen-bond acceptors (Lipinski definition) is 3. The molecule has 0 atom stereocenters. The third-order valence-corrected chi connectivity index (χ3v) is 4.27. The lowest BCUT2D eigenvalue weighted by molar-refractivity contribution is 0.414. The molecule has 0 saturated carbocycles. The first-order chi connectivity index (χ1) is 12.2. The van der Waals surface area contributed by atoms with E-state index in [1.54, 1.807) is 13.3 Å². The number of benzene rings is 2. The van der Waals surface area contributed by atoms with Crippen molar-refractivity contribution in [2.24, 2.45) is 4.99 Å². The van der Waals surface area contributed by atoms with Crippen LogP contribution in [-0.2, 0) is 6.42 Å². The molecule has 5 nitrogen and oxygen atoms in total. The van der Waals surface area contributed by atoms with E-state index in [-0.39, 0.29) is 5.56 Å². The monoisotopic (exact) mass is 331 g/mol. The Bertz CT molecular complexity index is 1040.